The fraction of sp³-hybridized carbons (Fsp3) is 0.385. The normalized spacial score (nSPS) is 20.2. The van der Waals surface area contributed by atoms with Crippen LogP contribution in [0.1, 0.15) is 61.5 Å². The van der Waals surface area contributed by atoms with Gasteiger partial charge in [0.05, 0.1) is 11.6 Å². The lowest BCUT2D eigenvalue weighted by Gasteiger charge is -2.33. The van der Waals surface area contributed by atoms with Crippen molar-refractivity contribution in [2.24, 2.45) is 0 Å². The van der Waals surface area contributed by atoms with Crippen LogP contribution >= 0.6 is 0 Å². The summed E-state index contributed by atoms with van der Waals surface area (Å²) < 4.78 is 11.1. The standard InChI is InChI=1S/C26H29NO4/c1-26(2,3)31-24(28)20-11-7-10-19(14-20)21-15-22-12-13-23(16-21)27(22)25(29)30-17-18-8-5-4-6-9-18/h4-11,14-15,22-23H,12-13,16-17H2,1-3H3. The molecule has 162 valence electrons. The number of ether oxygens (including phenoxy) is 2. The van der Waals surface area contributed by atoms with Gasteiger partial charge in [0.15, 0.2) is 0 Å². The molecule has 2 bridgehead atoms. The van der Waals surface area contributed by atoms with Crippen LogP contribution in [0.25, 0.3) is 5.57 Å². The van der Waals surface area contributed by atoms with Gasteiger partial charge >= 0.3 is 12.1 Å². The van der Waals surface area contributed by atoms with Crippen LogP contribution in [0.5, 0.6) is 0 Å². The molecule has 0 aromatic heterocycles. The highest BCUT2D eigenvalue weighted by molar-refractivity contribution is 5.91. The van der Waals surface area contributed by atoms with Crippen molar-refractivity contribution < 1.29 is 19.1 Å². The summed E-state index contributed by atoms with van der Waals surface area (Å²) in [5, 5.41) is 0. The molecule has 0 N–H and O–H groups in total. The number of carbonyl (C=O) groups excluding carboxylic acids is 2. The molecule has 1 amide bonds. The SMILES string of the molecule is CC(C)(C)OC(=O)c1cccc(C2=CC3CCC(C2)N3C(=O)OCc2ccccc2)c1. The molecule has 31 heavy (non-hydrogen) atoms. The molecule has 1 saturated heterocycles. The first-order valence-electron chi connectivity index (χ1n) is 10.8. The van der Waals surface area contributed by atoms with Crippen molar-refractivity contribution in [3.8, 4) is 0 Å². The zero-order valence-electron chi connectivity index (χ0n) is 18.3. The van der Waals surface area contributed by atoms with Crippen LogP contribution in [0.2, 0.25) is 0 Å². The second kappa shape index (κ2) is 8.58. The zero-order valence-corrected chi connectivity index (χ0v) is 18.3. The maximum absolute atomic E-state index is 12.8. The van der Waals surface area contributed by atoms with Gasteiger partial charge in [0.1, 0.15) is 12.2 Å². The predicted octanol–water partition coefficient (Wildman–Crippen LogP) is 5.60. The fourth-order valence-corrected chi connectivity index (χ4v) is 4.31. The van der Waals surface area contributed by atoms with Crippen LogP contribution in [0.4, 0.5) is 4.79 Å². The molecule has 2 aliphatic heterocycles. The minimum Gasteiger partial charge on any atom is -0.456 e. The zero-order chi connectivity index (χ0) is 22.0. The second-order valence-corrected chi connectivity index (χ2v) is 9.22. The molecule has 2 aromatic rings. The number of hydrogen-bond donors (Lipinski definition) is 0. The van der Waals surface area contributed by atoms with E-state index in [0.717, 1.165) is 30.4 Å². The molecule has 2 aliphatic rings. The van der Waals surface area contributed by atoms with Gasteiger partial charge in [0, 0.05) is 6.04 Å². The number of benzene rings is 2. The molecule has 2 heterocycles. The average molecular weight is 420 g/mol. The van der Waals surface area contributed by atoms with E-state index in [9.17, 15) is 9.59 Å². The second-order valence-electron chi connectivity index (χ2n) is 9.22. The van der Waals surface area contributed by atoms with Gasteiger partial charge in [-0.2, -0.15) is 0 Å². The number of carbonyl (C=O) groups is 2. The molecule has 0 spiro atoms. The molecule has 0 aliphatic carbocycles. The van der Waals surface area contributed by atoms with Gasteiger partial charge in [-0.1, -0.05) is 48.5 Å². The Morgan fingerprint density at radius 3 is 2.52 bits per heavy atom. The molecular formula is C26H29NO4. The largest absolute Gasteiger partial charge is 0.456 e. The third kappa shape index (κ3) is 4.98. The van der Waals surface area contributed by atoms with Crippen LogP contribution in [0.15, 0.2) is 60.7 Å². The average Bonchev–Trinajstić information content (AvgIpc) is 3.01. The van der Waals surface area contributed by atoms with Gasteiger partial charge in [0.2, 0.25) is 0 Å². The van der Waals surface area contributed by atoms with Crippen molar-refractivity contribution in [1.29, 1.82) is 0 Å². The number of amides is 1. The number of esters is 1. The van der Waals surface area contributed by atoms with Crippen molar-refractivity contribution in [2.45, 2.75) is 64.3 Å². The van der Waals surface area contributed by atoms with Gasteiger partial charge in [-0.15, -0.1) is 0 Å². The Balaban J connectivity index is 1.46. The predicted molar refractivity (Wildman–Crippen MR) is 119 cm³/mol. The topological polar surface area (TPSA) is 55.8 Å². The molecule has 1 fully saturated rings. The summed E-state index contributed by atoms with van der Waals surface area (Å²) in [6, 6.07) is 17.5. The number of nitrogens with zero attached hydrogens (tertiary/aromatic N) is 1. The number of hydrogen-bond acceptors (Lipinski definition) is 4. The highest BCUT2D eigenvalue weighted by Crippen LogP contribution is 2.39. The lowest BCUT2D eigenvalue weighted by molar-refractivity contribution is 0.00694. The molecule has 2 unspecified atom stereocenters. The monoisotopic (exact) mass is 419 g/mol. The highest BCUT2D eigenvalue weighted by atomic mass is 16.6. The van der Waals surface area contributed by atoms with E-state index < -0.39 is 5.60 Å². The third-order valence-electron chi connectivity index (χ3n) is 5.68. The summed E-state index contributed by atoms with van der Waals surface area (Å²) in [5.74, 6) is -0.320. The van der Waals surface area contributed by atoms with Crippen LogP contribution in [0.3, 0.4) is 0 Å². The van der Waals surface area contributed by atoms with Gasteiger partial charge in [-0.25, -0.2) is 9.59 Å². The molecular weight excluding hydrogens is 390 g/mol. The summed E-state index contributed by atoms with van der Waals surface area (Å²) >= 11 is 0. The van der Waals surface area contributed by atoms with Crippen molar-refractivity contribution >= 4 is 17.6 Å². The number of rotatable bonds is 4. The van der Waals surface area contributed by atoms with Gasteiger partial charge < -0.3 is 9.47 Å². The first kappa shape index (κ1) is 21.2. The minimum absolute atomic E-state index is 0.0298. The Hall–Kier alpha value is -3.08. The quantitative estimate of drug-likeness (QED) is 0.606. The molecule has 5 heteroatoms. The third-order valence-corrected chi connectivity index (χ3v) is 5.68. The van der Waals surface area contributed by atoms with Crippen LogP contribution in [0, 0.1) is 0 Å². The Morgan fingerprint density at radius 2 is 1.81 bits per heavy atom. The van der Waals surface area contributed by atoms with Crippen molar-refractivity contribution in [3.63, 3.8) is 0 Å². The first-order valence-corrected chi connectivity index (χ1v) is 10.8. The maximum atomic E-state index is 12.8. The van der Waals surface area contributed by atoms with E-state index in [4.69, 9.17) is 9.47 Å². The maximum Gasteiger partial charge on any atom is 0.410 e. The smallest absolute Gasteiger partial charge is 0.410 e. The molecule has 0 saturated carbocycles. The first-order chi connectivity index (χ1) is 14.8. The van der Waals surface area contributed by atoms with E-state index >= 15 is 0 Å². The van der Waals surface area contributed by atoms with Crippen LogP contribution < -0.4 is 0 Å². The van der Waals surface area contributed by atoms with Gasteiger partial charge in [-0.05, 0) is 68.9 Å². The molecule has 5 nitrogen and oxygen atoms in total. The molecule has 0 radical (unpaired) electrons. The van der Waals surface area contributed by atoms with Gasteiger partial charge in [-0.3, -0.25) is 4.90 Å². The lowest BCUT2D eigenvalue weighted by atomic mass is 9.94. The van der Waals surface area contributed by atoms with Crippen LogP contribution in [-0.2, 0) is 16.1 Å². The molecule has 2 atom stereocenters. The summed E-state index contributed by atoms with van der Waals surface area (Å²) in [4.78, 5) is 27.1. The Bertz CT molecular complexity index is 990. The van der Waals surface area contributed by atoms with E-state index in [2.05, 4.69) is 6.08 Å². The fourth-order valence-electron chi connectivity index (χ4n) is 4.31. The Labute approximate surface area is 183 Å². The van der Waals surface area contributed by atoms with E-state index in [1.165, 1.54) is 5.57 Å². The van der Waals surface area contributed by atoms with Crippen molar-refractivity contribution in [2.75, 3.05) is 0 Å². The van der Waals surface area contributed by atoms with E-state index in [-0.39, 0.29) is 30.8 Å². The lowest BCUT2D eigenvalue weighted by Crippen LogP contribution is -2.43. The minimum atomic E-state index is -0.531. The van der Waals surface area contributed by atoms with E-state index in [1.54, 1.807) is 6.07 Å². The Morgan fingerprint density at radius 1 is 1.03 bits per heavy atom. The van der Waals surface area contributed by atoms with Crippen molar-refractivity contribution in [1.82, 2.24) is 4.90 Å². The summed E-state index contributed by atoms with van der Waals surface area (Å²) in [7, 11) is 0. The highest BCUT2D eigenvalue weighted by Gasteiger charge is 2.40. The van der Waals surface area contributed by atoms with E-state index in [1.807, 2.05) is 74.2 Å². The summed E-state index contributed by atoms with van der Waals surface area (Å²) in [6.07, 6.45) is 4.54. The molecule has 2 aromatic carbocycles. The van der Waals surface area contributed by atoms with Crippen molar-refractivity contribution in [3.05, 3.63) is 77.4 Å². The van der Waals surface area contributed by atoms with Crippen LogP contribution in [-0.4, -0.2) is 34.6 Å². The van der Waals surface area contributed by atoms with E-state index in [0.29, 0.717) is 5.56 Å². The molecule has 4 rings (SSSR count). The van der Waals surface area contributed by atoms with Gasteiger partial charge in [0.25, 0.3) is 0 Å². The summed E-state index contributed by atoms with van der Waals surface area (Å²) in [6.45, 7) is 5.87. The number of fused-ring (bicyclic) bond motifs is 2. The summed E-state index contributed by atoms with van der Waals surface area (Å²) in [5.41, 5.74) is 3.18. The Kier molecular flexibility index (Phi) is 5.86.